The van der Waals surface area contributed by atoms with Crippen LogP contribution in [0.15, 0.2) is 42.5 Å². The molecule has 0 saturated carbocycles. The van der Waals surface area contributed by atoms with Gasteiger partial charge >= 0.3 is 0 Å². The highest BCUT2D eigenvalue weighted by Gasteiger charge is 2.10. The molecule has 0 aliphatic heterocycles. The van der Waals surface area contributed by atoms with E-state index in [0.29, 0.717) is 16.5 Å². The van der Waals surface area contributed by atoms with Crippen LogP contribution in [-0.2, 0) is 0 Å². The number of hydrogen-bond donors (Lipinski definition) is 1. The summed E-state index contributed by atoms with van der Waals surface area (Å²) in [5.41, 5.74) is 1.01. The molecule has 0 aliphatic carbocycles. The van der Waals surface area contributed by atoms with Crippen LogP contribution in [0.3, 0.4) is 0 Å². The molecule has 0 aliphatic rings. The first kappa shape index (κ1) is 15.3. The molecular formula is C15H15ClN2O3. The van der Waals surface area contributed by atoms with Crippen LogP contribution in [0.5, 0.6) is 11.5 Å². The molecule has 2 aromatic rings. The molecule has 21 heavy (non-hydrogen) atoms. The number of benzene rings is 2. The molecule has 5 nitrogen and oxygen atoms in total. The molecule has 0 fully saturated rings. The van der Waals surface area contributed by atoms with Gasteiger partial charge in [0, 0.05) is 23.2 Å². The second-order valence-electron chi connectivity index (χ2n) is 4.55. The van der Waals surface area contributed by atoms with E-state index in [1.165, 1.54) is 12.1 Å². The van der Waals surface area contributed by atoms with Crippen molar-refractivity contribution in [1.82, 2.24) is 5.32 Å². The smallest absolute Gasteiger partial charge is 0.269 e. The van der Waals surface area contributed by atoms with Gasteiger partial charge in [-0.05, 0) is 43.8 Å². The number of ether oxygens (including phenoxy) is 1. The standard InChI is InChI=1S/C15H15ClN2O3/c1-10(17-2)14-8-7-13(9-15(14)16)21-12-5-3-11(4-6-12)18(19)20/h3-10,17H,1-2H3. The van der Waals surface area contributed by atoms with Crippen LogP contribution in [-0.4, -0.2) is 12.0 Å². The van der Waals surface area contributed by atoms with Gasteiger partial charge in [0.05, 0.1) is 4.92 Å². The summed E-state index contributed by atoms with van der Waals surface area (Å²) in [5, 5.41) is 14.3. The molecule has 0 bridgehead atoms. The maximum absolute atomic E-state index is 10.6. The number of nitrogens with zero attached hydrogens (tertiary/aromatic N) is 1. The van der Waals surface area contributed by atoms with E-state index >= 15 is 0 Å². The zero-order valence-electron chi connectivity index (χ0n) is 11.7. The molecule has 110 valence electrons. The summed E-state index contributed by atoms with van der Waals surface area (Å²) in [7, 11) is 1.86. The van der Waals surface area contributed by atoms with E-state index in [-0.39, 0.29) is 11.7 Å². The molecule has 2 aromatic carbocycles. The van der Waals surface area contributed by atoms with E-state index in [9.17, 15) is 10.1 Å². The van der Waals surface area contributed by atoms with Gasteiger partial charge in [-0.15, -0.1) is 0 Å². The minimum atomic E-state index is -0.450. The minimum Gasteiger partial charge on any atom is -0.457 e. The summed E-state index contributed by atoms with van der Waals surface area (Å²) in [5.74, 6) is 1.10. The van der Waals surface area contributed by atoms with E-state index < -0.39 is 4.92 Å². The van der Waals surface area contributed by atoms with Crippen molar-refractivity contribution in [1.29, 1.82) is 0 Å². The Bertz CT molecular complexity index is 644. The van der Waals surface area contributed by atoms with E-state index in [2.05, 4.69) is 5.32 Å². The molecule has 1 atom stereocenters. The lowest BCUT2D eigenvalue weighted by atomic mass is 10.1. The van der Waals surface area contributed by atoms with Gasteiger partial charge in [-0.2, -0.15) is 0 Å². The van der Waals surface area contributed by atoms with Crippen LogP contribution in [0.25, 0.3) is 0 Å². The molecule has 2 rings (SSSR count). The number of nitrogens with one attached hydrogen (secondary N) is 1. The average molecular weight is 307 g/mol. The SMILES string of the molecule is CNC(C)c1ccc(Oc2ccc([N+](=O)[O-])cc2)cc1Cl. The summed E-state index contributed by atoms with van der Waals surface area (Å²) >= 11 is 6.23. The Kier molecular flexibility index (Phi) is 4.77. The van der Waals surface area contributed by atoms with E-state index in [0.717, 1.165) is 5.56 Å². The van der Waals surface area contributed by atoms with Crippen molar-refractivity contribution in [2.45, 2.75) is 13.0 Å². The topological polar surface area (TPSA) is 64.4 Å². The zero-order chi connectivity index (χ0) is 15.4. The van der Waals surface area contributed by atoms with E-state index in [1.54, 1.807) is 18.2 Å². The van der Waals surface area contributed by atoms with Crippen molar-refractivity contribution in [3.8, 4) is 11.5 Å². The fourth-order valence-corrected chi connectivity index (χ4v) is 2.18. The largest absolute Gasteiger partial charge is 0.457 e. The van der Waals surface area contributed by atoms with Crippen molar-refractivity contribution in [3.05, 3.63) is 63.2 Å². The van der Waals surface area contributed by atoms with Crippen molar-refractivity contribution < 1.29 is 9.66 Å². The highest BCUT2D eigenvalue weighted by molar-refractivity contribution is 6.31. The first-order valence-electron chi connectivity index (χ1n) is 6.40. The normalized spacial score (nSPS) is 12.0. The summed E-state index contributed by atoms with van der Waals surface area (Å²) in [6.07, 6.45) is 0. The molecular weight excluding hydrogens is 292 g/mol. The quantitative estimate of drug-likeness (QED) is 0.660. The molecule has 0 radical (unpaired) electrons. The Hall–Kier alpha value is -2.11. The second-order valence-corrected chi connectivity index (χ2v) is 4.95. The van der Waals surface area contributed by atoms with E-state index in [1.807, 2.05) is 26.1 Å². The zero-order valence-corrected chi connectivity index (χ0v) is 12.4. The molecule has 1 N–H and O–H groups in total. The van der Waals surface area contributed by atoms with Gasteiger partial charge in [-0.1, -0.05) is 17.7 Å². The van der Waals surface area contributed by atoms with Gasteiger partial charge in [-0.25, -0.2) is 0 Å². The lowest BCUT2D eigenvalue weighted by Crippen LogP contribution is -2.12. The summed E-state index contributed by atoms with van der Waals surface area (Å²) in [6, 6.07) is 11.5. The first-order valence-corrected chi connectivity index (χ1v) is 6.78. The third kappa shape index (κ3) is 3.71. The molecule has 0 amide bonds. The molecule has 1 unspecified atom stereocenters. The fourth-order valence-electron chi connectivity index (χ4n) is 1.85. The number of nitro groups is 1. The van der Waals surface area contributed by atoms with Crippen molar-refractivity contribution in [3.63, 3.8) is 0 Å². The van der Waals surface area contributed by atoms with Gasteiger partial charge in [0.1, 0.15) is 11.5 Å². The van der Waals surface area contributed by atoms with Crippen LogP contribution in [0.1, 0.15) is 18.5 Å². The minimum absolute atomic E-state index is 0.0265. The number of halogens is 1. The molecule has 6 heteroatoms. The molecule has 0 aromatic heterocycles. The predicted octanol–water partition coefficient (Wildman–Crippen LogP) is 4.32. The lowest BCUT2D eigenvalue weighted by Gasteiger charge is -2.14. The predicted molar refractivity (Wildman–Crippen MR) is 82.1 cm³/mol. The highest BCUT2D eigenvalue weighted by atomic mass is 35.5. The first-order chi connectivity index (χ1) is 10.0. The van der Waals surface area contributed by atoms with E-state index in [4.69, 9.17) is 16.3 Å². The molecule has 0 saturated heterocycles. The van der Waals surface area contributed by atoms with Crippen LogP contribution in [0.4, 0.5) is 5.69 Å². The third-order valence-corrected chi connectivity index (χ3v) is 3.48. The monoisotopic (exact) mass is 306 g/mol. The number of hydrogen-bond acceptors (Lipinski definition) is 4. The van der Waals surface area contributed by atoms with Crippen LogP contribution in [0.2, 0.25) is 5.02 Å². The Morgan fingerprint density at radius 3 is 2.33 bits per heavy atom. The Labute approximate surface area is 127 Å². The molecule has 0 heterocycles. The average Bonchev–Trinajstić information content (AvgIpc) is 2.47. The fraction of sp³-hybridized carbons (Fsp3) is 0.200. The lowest BCUT2D eigenvalue weighted by molar-refractivity contribution is -0.384. The Balaban J connectivity index is 2.16. The van der Waals surface area contributed by atoms with Gasteiger partial charge < -0.3 is 10.1 Å². The Morgan fingerprint density at radius 2 is 1.81 bits per heavy atom. The Morgan fingerprint density at radius 1 is 1.19 bits per heavy atom. The summed E-state index contributed by atoms with van der Waals surface area (Å²) < 4.78 is 5.63. The van der Waals surface area contributed by atoms with Crippen LogP contribution >= 0.6 is 11.6 Å². The number of rotatable bonds is 5. The summed E-state index contributed by atoms with van der Waals surface area (Å²) in [6.45, 7) is 2.01. The number of non-ortho nitro benzene ring substituents is 1. The maximum Gasteiger partial charge on any atom is 0.269 e. The van der Waals surface area contributed by atoms with Crippen LogP contribution < -0.4 is 10.1 Å². The highest BCUT2D eigenvalue weighted by Crippen LogP contribution is 2.30. The van der Waals surface area contributed by atoms with Crippen molar-refractivity contribution in [2.75, 3.05) is 7.05 Å². The van der Waals surface area contributed by atoms with Gasteiger partial charge in [0.15, 0.2) is 0 Å². The second kappa shape index (κ2) is 6.56. The maximum atomic E-state index is 10.6. The molecule has 0 spiro atoms. The number of nitro benzene ring substituents is 1. The van der Waals surface area contributed by atoms with Crippen molar-refractivity contribution >= 4 is 17.3 Å². The van der Waals surface area contributed by atoms with Gasteiger partial charge in [-0.3, -0.25) is 10.1 Å². The summed E-state index contributed by atoms with van der Waals surface area (Å²) in [4.78, 5) is 10.1. The van der Waals surface area contributed by atoms with Gasteiger partial charge in [0.2, 0.25) is 0 Å². The third-order valence-electron chi connectivity index (χ3n) is 3.15. The van der Waals surface area contributed by atoms with Gasteiger partial charge in [0.25, 0.3) is 5.69 Å². The van der Waals surface area contributed by atoms with Crippen molar-refractivity contribution in [2.24, 2.45) is 0 Å². The van der Waals surface area contributed by atoms with Crippen LogP contribution in [0, 0.1) is 10.1 Å².